The van der Waals surface area contributed by atoms with Gasteiger partial charge >= 0.3 is 0 Å². The number of fused-ring (bicyclic) bond motifs is 1. The van der Waals surface area contributed by atoms with E-state index in [9.17, 15) is 4.79 Å². The maximum Gasteiger partial charge on any atom is 0.257 e. The summed E-state index contributed by atoms with van der Waals surface area (Å²) in [5.41, 5.74) is 2.05. The SMILES string of the molecule is CN(C(=O)c1cnn(C)c1)C1CCN(Cc2cccc3ccccc23)CC1. The van der Waals surface area contributed by atoms with Gasteiger partial charge in [0.25, 0.3) is 5.91 Å². The topological polar surface area (TPSA) is 41.4 Å². The minimum atomic E-state index is 0.0654. The molecule has 2 aromatic carbocycles. The van der Waals surface area contributed by atoms with Crippen molar-refractivity contribution in [1.82, 2.24) is 19.6 Å². The van der Waals surface area contributed by atoms with Crippen LogP contribution in [0, 0.1) is 0 Å². The molecule has 5 heteroatoms. The standard InChI is InChI=1S/C22H26N4O/c1-24-15-19(14-23-24)22(27)25(2)20-10-12-26(13-11-20)16-18-8-5-7-17-6-3-4-9-21(17)18/h3-9,14-15,20H,10-13,16H2,1-2H3. The van der Waals surface area contributed by atoms with E-state index in [1.807, 2.05) is 19.0 Å². The molecule has 5 nitrogen and oxygen atoms in total. The highest BCUT2D eigenvalue weighted by Gasteiger charge is 2.26. The number of nitrogens with zero attached hydrogens (tertiary/aromatic N) is 4. The molecule has 0 unspecified atom stereocenters. The van der Waals surface area contributed by atoms with Crippen LogP contribution < -0.4 is 0 Å². The average Bonchev–Trinajstić information content (AvgIpc) is 3.14. The number of likely N-dealkylation sites (tertiary alicyclic amines) is 1. The predicted octanol–water partition coefficient (Wildman–Crippen LogP) is 3.31. The Hall–Kier alpha value is -2.66. The minimum Gasteiger partial charge on any atom is -0.339 e. The summed E-state index contributed by atoms with van der Waals surface area (Å²) < 4.78 is 1.67. The van der Waals surface area contributed by atoms with E-state index in [0.29, 0.717) is 11.6 Å². The van der Waals surface area contributed by atoms with E-state index in [-0.39, 0.29) is 5.91 Å². The molecule has 1 aliphatic rings. The summed E-state index contributed by atoms with van der Waals surface area (Å²) in [7, 11) is 3.75. The highest BCUT2D eigenvalue weighted by atomic mass is 16.2. The van der Waals surface area contributed by atoms with Gasteiger partial charge < -0.3 is 4.90 Å². The molecule has 140 valence electrons. The largest absolute Gasteiger partial charge is 0.339 e. The van der Waals surface area contributed by atoms with Gasteiger partial charge in [0.15, 0.2) is 0 Å². The lowest BCUT2D eigenvalue weighted by Crippen LogP contribution is -2.45. The number of aryl methyl sites for hydroxylation is 1. The number of hydrogen-bond donors (Lipinski definition) is 0. The van der Waals surface area contributed by atoms with Gasteiger partial charge in [-0.15, -0.1) is 0 Å². The van der Waals surface area contributed by atoms with Crippen molar-refractivity contribution in [3.63, 3.8) is 0 Å². The Morgan fingerprint density at radius 3 is 2.63 bits per heavy atom. The van der Waals surface area contributed by atoms with Crippen LogP contribution in [0.25, 0.3) is 10.8 Å². The summed E-state index contributed by atoms with van der Waals surface area (Å²) in [5, 5.41) is 6.75. The third-order valence-electron chi connectivity index (χ3n) is 5.65. The van der Waals surface area contributed by atoms with E-state index in [2.05, 4.69) is 52.5 Å². The van der Waals surface area contributed by atoms with Gasteiger partial charge in [0.2, 0.25) is 0 Å². The Morgan fingerprint density at radius 1 is 1.15 bits per heavy atom. The van der Waals surface area contributed by atoms with Crippen LogP contribution in [0.2, 0.25) is 0 Å². The monoisotopic (exact) mass is 362 g/mol. The number of amides is 1. The zero-order chi connectivity index (χ0) is 18.8. The first kappa shape index (κ1) is 17.7. The Kier molecular flexibility index (Phi) is 4.94. The van der Waals surface area contributed by atoms with Gasteiger partial charge in [-0.2, -0.15) is 5.10 Å². The maximum atomic E-state index is 12.6. The summed E-state index contributed by atoms with van der Waals surface area (Å²) >= 11 is 0. The van der Waals surface area contributed by atoms with Gasteiger partial charge in [0.05, 0.1) is 11.8 Å². The van der Waals surface area contributed by atoms with Gasteiger partial charge in [-0.05, 0) is 29.2 Å². The second-order valence-electron chi connectivity index (χ2n) is 7.46. The van der Waals surface area contributed by atoms with Crippen molar-refractivity contribution in [3.05, 3.63) is 66.0 Å². The first-order chi connectivity index (χ1) is 13.1. The smallest absolute Gasteiger partial charge is 0.257 e. The molecule has 0 atom stereocenters. The highest BCUT2D eigenvalue weighted by Crippen LogP contribution is 2.23. The fourth-order valence-corrected chi connectivity index (χ4v) is 4.04. The molecule has 0 aliphatic carbocycles. The maximum absolute atomic E-state index is 12.6. The molecule has 1 fully saturated rings. The van der Waals surface area contributed by atoms with Gasteiger partial charge in [-0.1, -0.05) is 42.5 Å². The highest BCUT2D eigenvalue weighted by molar-refractivity contribution is 5.93. The van der Waals surface area contributed by atoms with E-state index >= 15 is 0 Å². The normalized spacial score (nSPS) is 15.9. The second kappa shape index (κ2) is 7.53. The van der Waals surface area contributed by atoms with Crippen molar-refractivity contribution in [1.29, 1.82) is 0 Å². The Bertz CT molecular complexity index is 935. The number of carbonyl (C=O) groups is 1. The van der Waals surface area contributed by atoms with Gasteiger partial charge in [0.1, 0.15) is 0 Å². The third kappa shape index (κ3) is 3.74. The number of benzene rings is 2. The summed E-state index contributed by atoms with van der Waals surface area (Å²) in [4.78, 5) is 17.0. The fraction of sp³-hybridized carbons (Fsp3) is 0.364. The number of carbonyl (C=O) groups excluding carboxylic acids is 1. The van der Waals surface area contributed by atoms with E-state index in [4.69, 9.17) is 0 Å². The Labute approximate surface area is 160 Å². The van der Waals surface area contributed by atoms with Crippen molar-refractivity contribution >= 4 is 16.7 Å². The van der Waals surface area contributed by atoms with Crippen LogP contribution in [-0.2, 0) is 13.6 Å². The molecule has 0 spiro atoms. The molecule has 0 bridgehead atoms. The van der Waals surface area contributed by atoms with Crippen LogP contribution in [0.5, 0.6) is 0 Å². The molecule has 1 aromatic heterocycles. The van der Waals surface area contributed by atoms with Crippen molar-refractivity contribution in [2.45, 2.75) is 25.4 Å². The summed E-state index contributed by atoms with van der Waals surface area (Å²) in [6.45, 7) is 2.99. The zero-order valence-corrected chi connectivity index (χ0v) is 16.0. The molecule has 1 saturated heterocycles. The molecule has 0 radical (unpaired) electrons. The van der Waals surface area contributed by atoms with Crippen LogP contribution in [-0.4, -0.2) is 51.7 Å². The first-order valence-electron chi connectivity index (χ1n) is 9.56. The second-order valence-corrected chi connectivity index (χ2v) is 7.46. The molecule has 1 aliphatic heterocycles. The predicted molar refractivity (Wildman–Crippen MR) is 108 cm³/mol. The van der Waals surface area contributed by atoms with Crippen molar-refractivity contribution < 1.29 is 4.79 Å². The molecular formula is C22H26N4O. The molecule has 1 amide bonds. The van der Waals surface area contributed by atoms with Crippen molar-refractivity contribution in [2.24, 2.45) is 7.05 Å². The molecule has 0 N–H and O–H groups in total. The van der Waals surface area contributed by atoms with E-state index < -0.39 is 0 Å². The van der Waals surface area contributed by atoms with Gasteiger partial charge in [-0.3, -0.25) is 14.4 Å². The lowest BCUT2D eigenvalue weighted by atomic mass is 10.0. The summed E-state index contributed by atoms with van der Waals surface area (Å²) in [6.07, 6.45) is 5.45. The number of piperidine rings is 1. The zero-order valence-electron chi connectivity index (χ0n) is 16.0. The van der Waals surface area contributed by atoms with Crippen LogP contribution in [0.1, 0.15) is 28.8 Å². The van der Waals surface area contributed by atoms with Crippen molar-refractivity contribution in [2.75, 3.05) is 20.1 Å². The molecule has 27 heavy (non-hydrogen) atoms. The average molecular weight is 362 g/mol. The Balaban J connectivity index is 1.38. The first-order valence-corrected chi connectivity index (χ1v) is 9.56. The number of hydrogen-bond acceptors (Lipinski definition) is 3. The van der Waals surface area contributed by atoms with Gasteiger partial charge in [0, 0.05) is 46.0 Å². The lowest BCUT2D eigenvalue weighted by molar-refractivity contribution is 0.0636. The van der Waals surface area contributed by atoms with Crippen LogP contribution >= 0.6 is 0 Å². The van der Waals surface area contributed by atoms with Crippen molar-refractivity contribution in [3.8, 4) is 0 Å². The lowest BCUT2D eigenvalue weighted by Gasteiger charge is -2.36. The van der Waals surface area contributed by atoms with Gasteiger partial charge in [-0.25, -0.2) is 0 Å². The third-order valence-corrected chi connectivity index (χ3v) is 5.65. The molecule has 3 aromatic rings. The van der Waals surface area contributed by atoms with Crippen LogP contribution in [0.15, 0.2) is 54.9 Å². The van der Waals surface area contributed by atoms with E-state index in [0.717, 1.165) is 32.5 Å². The van der Waals surface area contributed by atoms with E-state index in [1.54, 1.807) is 17.1 Å². The summed E-state index contributed by atoms with van der Waals surface area (Å²) in [5.74, 6) is 0.0654. The minimum absolute atomic E-state index is 0.0654. The summed E-state index contributed by atoms with van der Waals surface area (Å²) in [6, 6.07) is 15.4. The molecular weight excluding hydrogens is 336 g/mol. The number of rotatable bonds is 4. The van der Waals surface area contributed by atoms with E-state index in [1.165, 1.54) is 16.3 Å². The Morgan fingerprint density at radius 2 is 1.89 bits per heavy atom. The number of aromatic nitrogens is 2. The van der Waals surface area contributed by atoms with Crippen LogP contribution in [0.3, 0.4) is 0 Å². The van der Waals surface area contributed by atoms with Crippen LogP contribution in [0.4, 0.5) is 0 Å². The molecule has 0 saturated carbocycles. The fourth-order valence-electron chi connectivity index (χ4n) is 4.04. The quantitative estimate of drug-likeness (QED) is 0.715. The molecule has 2 heterocycles. The molecule has 4 rings (SSSR count).